The molecular formula is C67H105ClF3N11O12. The fourth-order valence-corrected chi connectivity index (χ4v) is 13.8. The van der Waals surface area contributed by atoms with Crippen LogP contribution >= 0.6 is 11.6 Å². The van der Waals surface area contributed by atoms with Crippen LogP contribution in [0.5, 0.6) is 0 Å². The Balaban J connectivity index is 1.58. The highest BCUT2D eigenvalue weighted by atomic mass is 35.5. The topological polar surface area (TPSA) is 268 Å². The van der Waals surface area contributed by atoms with Crippen LogP contribution in [0.1, 0.15) is 169 Å². The number of nitrogens with one attached hydrogen (secondary N) is 4. The van der Waals surface area contributed by atoms with Crippen LogP contribution in [0, 0.1) is 23.7 Å². The predicted molar refractivity (Wildman–Crippen MR) is 348 cm³/mol. The lowest BCUT2D eigenvalue weighted by Crippen LogP contribution is -2.64. The second-order valence-electron chi connectivity index (χ2n) is 27.3. The molecule has 2 saturated carbocycles. The second kappa shape index (κ2) is 35.4. The van der Waals surface area contributed by atoms with Gasteiger partial charge in [0.05, 0.1) is 36.8 Å². The first-order valence-corrected chi connectivity index (χ1v) is 34.1. The normalized spacial score (nSPS) is 25.7. The van der Waals surface area contributed by atoms with Gasteiger partial charge in [-0.1, -0.05) is 111 Å². The number of halogens is 4. The molecule has 0 aromatic heterocycles. The zero-order valence-electron chi connectivity index (χ0n) is 57.6. The number of carbonyl (C=O) groups excluding carboxylic acids is 11. The maximum absolute atomic E-state index is 15.1. The molecule has 11 amide bonds. The summed E-state index contributed by atoms with van der Waals surface area (Å²) in [5.74, 6) is -7.95. The Labute approximate surface area is 558 Å². The van der Waals surface area contributed by atoms with E-state index in [1.165, 1.54) is 70.7 Å². The van der Waals surface area contributed by atoms with Gasteiger partial charge in [-0.3, -0.25) is 52.7 Å². The molecule has 4 fully saturated rings. The van der Waals surface area contributed by atoms with Crippen molar-refractivity contribution in [1.29, 1.82) is 0 Å². The summed E-state index contributed by atoms with van der Waals surface area (Å²) < 4.78 is 47.0. The average molecular weight is 1350 g/mol. The van der Waals surface area contributed by atoms with E-state index in [1.54, 1.807) is 34.6 Å². The Morgan fingerprint density at radius 3 is 1.93 bits per heavy atom. The number of ether oxygens (including phenoxy) is 1. The Morgan fingerprint density at radius 1 is 0.691 bits per heavy atom. The molecule has 94 heavy (non-hydrogen) atoms. The third-order valence-corrected chi connectivity index (χ3v) is 19.5. The molecule has 5 rings (SSSR count). The molecule has 2 heterocycles. The highest BCUT2D eigenvalue weighted by molar-refractivity contribution is 6.31. The number of carbonyl (C=O) groups is 11. The van der Waals surface area contributed by atoms with Crippen LogP contribution in [-0.2, 0) is 70.1 Å². The highest BCUT2D eigenvalue weighted by Gasteiger charge is 2.50. The predicted octanol–water partition coefficient (Wildman–Crippen LogP) is 5.57. The lowest BCUT2D eigenvalue weighted by atomic mass is 9.84. The van der Waals surface area contributed by atoms with Crippen molar-refractivity contribution in [3.8, 4) is 0 Å². The van der Waals surface area contributed by atoms with Gasteiger partial charge >= 0.3 is 6.18 Å². The van der Waals surface area contributed by atoms with E-state index in [4.69, 9.17) is 16.3 Å². The van der Waals surface area contributed by atoms with Crippen molar-refractivity contribution in [2.24, 2.45) is 23.7 Å². The fraction of sp³-hybridized carbons (Fsp3) is 0.746. The summed E-state index contributed by atoms with van der Waals surface area (Å²) in [6, 6.07) is -4.70. The van der Waals surface area contributed by atoms with Gasteiger partial charge in [-0.25, -0.2) is 0 Å². The molecule has 4 aliphatic rings. The van der Waals surface area contributed by atoms with Crippen LogP contribution in [0.4, 0.5) is 13.2 Å². The van der Waals surface area contributed by atoms with Gasteiger partial charge < -0.3 is 60.3 Å². The largest absolute Gasteiger partial charge is 0.417 e. The van der Waals surface area contributed by atoms with E-state index in [0.29, 0.717) is 31.2 Å². The summed E-state index contributed by atoms with van der Waals surface area (Å²) in [6.45, 7) is 12.9. The number of nitrogens with zero attached hydrogens (tertiary/aromatic N) is 7. The molecule has 8 atom stereocenters. The summed E-state index contributed by atoms with van der Waals surface area (Å²) in [6.07, 6.45) is 1.90. The summed E-state index contributed by atoms with van der Waals surface area (Å²) in [5.41, 5.74) is -2.26. The minimum Gasteiger partial charge on any atom is -0.380 e. The van der Waals surface area contributed by atoms with E-state index in [1.807, 2.05) is 20.8 Å². The SMILES string of the molecule is CCOCCN1CC(=O)N(C)[C@@H](CC2CCCCC2)C(=O)N(C)CC(=O)N[C@@H](CCc2ccc(C(F)(F)F)c(Cl)c2)C(=O)N2CCC[C@H]2C(=O)NC2(CCCC2)C(=O)N(C)[C@@H](C(C)C)C(=O)N[C@H](C)CC(=O)N(C)[C@@H](CC(C)C)C(=O)N[C@@H]([C@@H](C)CC)C(=O)N(C)CC1=O. The number of fused-ring (bicyclic) bond motifs is 1. The van der Waals surface area contributed by atoms with E-state index >= 15 is 9.59 Å². The van der Waals surface area contributed by atoms with E-state index in [2.05, 4.69) is 21.3 Å². The first kappa shape index (κ1) is 78.1. The molecular weight excluding hydrogens is 1240 g/mol. The van der Waals surface area contributed by atoms with Crippen molar-refractivity contribution >= 4 is 76.6 Å². The minimum absolute atomic E-state index is 0.0119. The quantitative estimate of drug-likeness (QED) is 0.167. The zero-order chi connectivity index (χ0) is 70.1. The molecule has 528 valence electrons. The standard InChI is InChI=1S/C67H105ClF3N11O12/c1-14-43(7)57-64(92)77(10)39-56(86)81(32-33-94-15-2)40-55(85)79(12)52(37-45-22-17-16-18-23-45)63(91)76(9)38-53(83)73-49(28-26-46-25-27-47(48(68)36-46)67(69,70)71)62(90)82-31-21-24-50(82)60(88)75-66(29-19-20-30-66)65(93)80(13)58(42(5)6)61(89)72-44(8)35-54(84)78(11)51(34-41(3)4)59(87)74-57/h25,27,36,41-45,49-52,57-58H,14-24,26,28-35,37-40H2,1-13H3,(H,72,89)(H,73,83)(H,74,87)(H,75,88)/t43-,44+,49-,50-,51-,52-,57-,58-/m0/s1. The monoisotopic (exact) mass is 1350 g/mol. The second-order valence-corrected chi connectivity index (χ2v) is 27.7. The lowest BCUT2D eigenvalue weighted by Gasteiger charge is -2.39. The molecule has 1 spiro atoms. The van der Waals surface area contributed by atoms with Crippen LogP contribution < -0.4 is 21.3 Å². The first-order valence-electron chi connectivity index (χ1n) is 33.7. The van der Waals surface area contributed by atoms with Crippen molar-refractivity contribution in [1.82, 2.24) is 55.6 Å². The van der Waals surface area contributed by atoms with Gasteiger partial charge in [-0.15, -0.1) is 0 Å². The Kier molecular flexibility index (Phi) is 29.4. The van der Waals surface area contributed by atoms with Crippen LogP contribution in [0.3, 0.4) is 0 Å². The van der Waals surface area contributed by atoms with E-state index in [9.17, 15) is 56.3 Å². The summed E-state index contributed by atoms with van der Waals surface area (Å²) in [4.78, 5) is 170. The third-order valence-electron chi connectivity index (χ3n) is 19.2. The molecule has 0 radical (unpaired) electrons. The van der Waals surface area contributed by atoms with Crippen molar-refractivity contribution in [2.45, 2.75) is 219 Å². The van der Waals surface area contributed by atoms with Crippen molar-refractivity contribution < 1.29 is 70.6 Å². The van der Waals surface area contributed by atoms with Gasteiger partial charge in [-0.2, -0.15) is 13.2 Å². The molecule has 23 nitrogen and oxygen atoms in total. The van der Waals surface area contributed by atoms with Gasteiger partial charge in [-0.05, 0) is 107 Å². The molecule has 27 heteroatoms. The first-order chi connectivity index (χ1) is 44.2. The molecule has 0 bridgehead atoms. The Hall–Kier alpha value is -6.57. The van der Waals surface area contributed by atoms with Gasteiger partial charge in [0.2, 0.25) is 65.0 Å². The number of hydrogen-bond donors (Lipinski definition) is 4. The number of hydrogen-bond acceptors (Lipinski definition) is 12. The zero-order valence-corrected chi connectivity index (χ0v) is 58.4. The van der Waals surface area contributed by atoms with Crippen LogP contribution in [0.2, 0.25) is 5.02 Å². The summed E-state index contributed by atoms with van der Waals surface area (Å²) >= 11 is 6.13. The number of likely N-dealkylation sites (N-methyl/N-ethyl adjacent to an activating group) is 5. The molecule has 2 aliphatic heterocycles. The molecule has 2 aliphatic carbocycles. The smallest absolute Gasteiger partial charge is 0.380 e. The van der Waals surface area contributed by atoms with Gasteiger partial charge in [0, 0.05) is 67.4 Å². The third kappa shape index (κ3) is 21.0. The fourth-order valence-electron chi connectivity index (χ4n) is 13.5. The molecule has 1 aromatic carbocycles. The number of alkyl halides is 3. The van der Waals surface area contributed by atoms with Crippen molar-refractivity contribution in [3.05, 3.63) is 34.3 Å². The summed E-state index contributed by atoms with van der Waals surface area (Å²) in [5, 5.41) is 11.0. The molecule has 0 unspecified atom stereocenters. The molecule has 4 N–H and O–H groups in total. The van der Waals surface area contributed by atoms with Gasteiger partial charge in [0.15, 0.2) is 0 Å². The summed E-state index contributed by atoms with van der Waals surface area (Å²) in [7, 11) is 7.18. The van der Waals surface area contributed by atoms with E-state index < -0.39 is 161 Å². The van der Waals surface area contributed by atoms with Crippen LogP contribution in [-0.4, -0.2) is 228 Å². The Bertz CT molecular complexity index is 2830. The lowest BCUT2D eigenvalue weighted by molar-refractivity contribution is -0.150. The minimum atomic E-state index is -4.75. The number of benzene rings is 1. The van der Waals surface area contributed by atoms with Crippen molar-refractivity contribution in [2.75, 3.05) is 81.2 Å². The van der Waals surface area contributed by atoms with Gasteiger partial charge in [0.1, 0.15) is 41.8 Å². The molecule has 1 aromatic rings. The number of aryl methyl sites for hydroxylation is 1. The molecule has 2 saturated heterocycles. The van der Waals surface area contributed by atoms with Crippen LogP contribution in [0.25, 0.3) is 0 Å². The van der Waals surface area contributed by atoms with Crippen molar-refractivity contribution in [3.63, 3.8) is 0 Å². The number of rotatable bonds is 14. The van der Waals surface area contributed by atoms with E-state index in [-0.39, 0.29) is 89.5 Å². The van der Waals surface area contributed by atoms with Gasteiger partial charge in [0.25, 0.3) is 0 Å². The van der Waals surface area contributed by atoms with E-state index in [0.717, 1.165) is 49.1 Å². The maximum Gasteiger partial charge on any atom is 0.417 e. The average Bonchev–Trinajstić information content (AvgIpc) is 1.54. The number of amides is 11. The highest BCUT2D eigenvalue weighted by Crippen LogP contribution is 2.37. The Morgan fingerprint density at radius 2 is 1.33 bits per heavy atom. The maximum atomic E-state index is 15.1. The van der Waals surface area contributed by atoms with Crippen LogP contribution in [0.15, 0.2) is 18.2 Å².